The van der Waals surface area contributed by atoms with Crippen LogP contribution in [0.4, 0.5) is 0 Å². The van der Waals surface area contributed by atoms with Crippen LogP contribution in [0.3, 0.4) is 0 Å². The molecule has 0 aliphatic heterocycles. The standard InChI is InChI=1S/C21H36N4O4S.HI/c1-5-28-19-11-10-18(14-20(19)29-6-2)16(3)25-21(22-4)23-12-13-30(26,27)24-15-17-8-7-9-17;/h10-11,14,16-17,24H,5-9,12-13,15H2,1-4H3,(H2,22,23,25);1H. The van der Waals surface area contributed by atoms with E-state index in [-0.39, 0.29) is 42.3 Å². The molecule has 1 aliphatic carbocycles. The molecule has 0 radical (unpaired) electrons. The van der Waals surface area contributed by atoms with Crippen molar-refractivity contribution in [3.05, 3.63) is 23.8 Å². The van der Waals surface area contributed by atoms with Crippen molar-refractivity contribution >= 4 is 40.0 Å². The first kappa shape index (κ1) is 27.8. The van der Waals surface area contributed by atoms with Gasteiger partial charge in [0, 0.05) is 20.1 Å². The average Bonchev–Trinajstić information content (AvgIpc) is 2.67. The zero-order valence-electron chi connectivity index (χ0n) is 18.9. The smallest absolute Gasteiger partial charge is 0.213 e. The minimum Gasteiger partial charge on any atom is -0.490 e. The molecule has 8 nitrogen and oxygen atoms in total. The Hall–Kier alpha value is -1.27. The molecular weight excluding hydrogens is 531 g/mol. The van der Waals surface area contributed by atoms with Crippen molar-refractivity contribution in [2.24, 2.45) is 10.9 Å². The highest BCUT2D eigenvalue weighted by Gasteiger charge is 2.20. The fourth-order valence-corrected chi connectivity index (χ4v) is 4.14. The van der Waals surface area contributed by atoms with E-state index in [1.807, 2.05) is 39.0 Å². The summed E-state index contributed by atoms with van der Waals surface area (Å²) in [6.07, 6.45) is 3.44. The van der Waals surface area contributed by atoms with Crippen molar-refractivity contribution in [3.8, 4) is 11.5 Å². The van der Waals surface area contributed by atoms with E-state index in [1.54, 1.807) is 7.05 Å². The normalized spacial score (nSPS) is 15.4. The van der Waals surface area contributed by atoms with Crippen molar-refractivity contribution in [1.29, 1.82) is 0 Å². The molecule has 0 amide bonds. The third-order valence-corrected chi connectivity index (χ3v) is 6.47. The third kappa shape index (κ3) is 9.40. The molecule has 178 valence electrons. The van der Waals surface area contributed by atoms with Crippen LogP contribution in [-0.2, 0) is 10.0 Å². The number of aliphatic imine (C=N–C) groups is 1. The lowest BCUT2D eigenvalue weighted by Crippen LogP contribution is -2.42. The van der Waals surface area contributed by atoms with Gasteiger partial charge in [-0.15, -0.1) is 24.0 Å². The van der Waals surface area contributed by atoms with Gasteiger partial charge in [-0.25, -0.2) is 13.1 Å². The number of nitrogens with one attached hydrogen (secondary N) is 3. The lowest BCUT2D eigenvalue weighted by atomic mass is 9.86. The summed E-state index contributed by atoms with van der Waals surface area (Å²) in [6, 6.07) is 5.78. The van der Waals surface area contributed by atoms with Crippen molar-refractivity contribution in [3.63, 3.8) is 0 Å². The summed E-state index contributed by atoms with van der Waals surface area (Å²) in [7, 11) is -1.62. The minimum atomic E-state index is -3.29. The van der Waals surface area contributed by atoms with E-state index in [0.717, 1.165) is 24.2 Å². The van der Waals surface area contributed by atoms with Gasteiger partial charge in [0.05, 0.1) is 25.0 Å². The largest absolute Gasteiger partial charge is 0.490 e. The first-order valence-electron chi connectivity index (χ1n) is 10.7. The summed E-state index contributed by atoms with van der Waals surface area (Å²) in [5.74, 6) is 2.48. The van der Waals surface area contributed by atoms with Crippen LogP contribution in [0.2, 0.25) is 0 Å². The van der Waals surface area contributed by atoms with E-state index >= 15 is 0 Å². The van der Waals surface area contributed by atoms with Crippen molar-refractivity contribution in [2.45, 2.75) is 46.1 Å². The molecule has 3 N–H and O–H groups in total. The maximum absolute atomic E-state index is 12.1. The number of guanidine groups is 1. The molecule has 0 aromatic heterocycles. The molecule has 2 rings (SSSR count). The van der Waals surface area contributed by atoms with Crippen LogP contribution in [0.25, 0.3) is 0 Å². The predicted octanol–water partition coefficient (Wildman–Crippen LogP) is 3.05. The molecule has 1 aromatic rings. The molecule has 1 atom stereocenters. The Morgan fingerprint density at radius 2 is 1.87 bits per heavy atom. The van der Waals surface area contributed by atoms with Crippen LogP contribution in [0, 0.1) is 5.92 Å². The summed E-state index contributed by atoms with van der Waals surface area (Å²) in [6.45, 7) is 7.83. The van der Waals surface area contributed by atoms with Gasteiger partial charge in [0.15, 0.2) is 17.5 Å². The molecule has 0 heterocycles. The zero-order valence-corrected chi connectivity index (χ0v) is 22.1. The Balaban J connectivity index is 0.00000480. The van der Waals surface area contributed by atoms with Gasteiger partial charge in [-0.3, -0.25) is 4.99 Å². The van der Waals surface area contributed by atoms with Gasteiger partial charge in [-0.2, -0.15) is 0 Å². The molecule has 0 saturated heterocycles. The highest BCUT2D eigenvalue weighted by molar-refractivity contribution is 14.0. The second-order valence-corrected chi connectivity index (χ2v) is 9.33. The molecular formula is C21H37IN4O4S. The number of hydrogen-bond donors (Lipinski definition) is 3. The first-order chi connectivity index (χ1) is 14.4. The van der Waals surface area contributed by atoms with E-state index in [2.05, 4.69) is 20.3 Å². The number of nitrogens with zero attached hydrogens (tertiary/aromatic N) is 1. The molecule has 10 heteroatoms. The van der Waals surface area contributed by atoms with E-state index in [9.17, 15) is 8.42 Å². The van der Waals surface area contributed by atoms with Gasteiger partial charge in [-0.1, -0.05) is 12.5 Å². The summed E-state index contributed by atoms with van der Waals surface area (Å²) in [5.41, 5.74) is 1.01. The fraction of sp³-hybridized carbons (Fsp3) is 0.667. The van der Waals surface area contributed by atoms with Crippen LogP contribution < -0.4 is 24.8 Å². The number of halogens is 1. The Labute approximate surface area is 204 Å². The number of ether oxygens (including phenoxy) is 2. The molecule has 1 aromatic carbocycles. The van der Waals surface area contributed by atoms with E-state index in [4.69, 9.17) is 9.47 Å². The molecule has 1 saturated carbocycles. The fourth-order valence-electron chi connectivity index (χ4n) is 3.14. The number of rotatable bonds is 12. The maximum Gasteiger partial charge on any atom is 0.213 e. The van der Waals surface area contributed by atoms with Gasteiger partial charge < -0.3 is 20.1 Å². The SMILES string of the molecule is CCOc1ccc(C(C)NC(=NC)NCCS(=O)(=O)NCC2CCC2)cc1OCC.I. The van der Waals surface area contributed by atoms with Crippen LogP contribution in [-0.4, -0.2) is 53.5 Å². The summed E-state index contributed by atoms with van der Waals surface area (Å²) in [5, 5.41) is 6.36. The Morgan fingerprint density at radius 1 is 1.19 bits per heavy atom. The number of sulfonamides is 1. The van der Waals surface area contributed by atoms with Crippen LogP contribution in [0.1, 0.15) is 51.6 Å². The van der Waals surface area contributed by atoms with Gasteiger partial charge in [-0.05, 0) is 57.2 Å². The monoisotopic (exact) mass is 568 g/mol. The predicted molar refractivity (Wildman–Crippen MR) is 136 cm³/mol. The van der Waals surface area contributed by atoms with Gasteiger partial charge in [0.2, 0.25) is 10.0 Å². The molecule has 0 spiro atoms. The van der Waals surface area contributed by atoms with Gasteiger partial charge in [0.25, 0.3) is 0 Å². The number of hydrogen-bond acceptors (Lipinski definition) is 5. The van der Waals surface area contributed by atoms with Crippen molar-refractivity contribution in [1.82, 2.24) is 15.4 Å². The summed E-state index contributed by atoms with van der Waals surface area (Å²) < 4.78 is 38.3. The van der Waals surface area contributed by atoms with Gasteiger partial charge in [0.1, 0.15) is 0 Å². The molecule has 1 unspecified atom stereocenters. The van der Waals surface area contributed by atoms with Crippen LogP contribution in [0.15, 0.2) is 23.2 Å². The van der Waals surface area contributed by atoms with Crippen molar-refractivity contribution < 1.29 is 17.9 Å². The molecule has 1 aliphatic rings. The van der Waals surface area contributed by atoms with E-state index < -0.39 is 10.0 Å². The first-order valence-corrected chi connectivity index (χ1v) is 12.4. The molecule has 1 fully saturated rings. The zero-order chi connectivity index (χ0) is 22.0. The van der Waals surface area contributed by atoms with E-state index in [0.29, 0.717) is 37.4 Å². The van der Waals surface area contributed by atoms with Crippen LogP contribution >= 0.6 is 24.0 Å². The van der Waals surface area contributed by atoms with Gasteiger partial charge >= 0.3 is 0 Å². The lowest BCUT2D eigenvalue weighted by molar-refractivity contribution is 0.287. The molecule has 31 heavy (non-hydrogen) atoms. The highest BCUT2D eigenvalue weighted by atomic mass is 127. The Kier molecular flexibility index (Phi) is 12.5. The molecule has 0 bridgehead atoms. The van der Waals surface area contributed by atoms with Crippen molar-refractivity contribution in [2.75, 3.05) is 39.1 Å². The quantitative estimate of drug-likeness (QED) is 0.204. The third-order valence-electron chi connectivity index (χ3n) is 5.12. The lowest BCUT2D eigenvalue weighted by Gasteiger charge is -2.25. The maximum atomic E-state index is 12.1. The second kappa shape index (κ2) is 14.0. The minimum absolute atomic E-state index is 0. The topological polar surface area (TPSA) is 101 Å². The van der Waals surface area contributed by atoms with E-state index in [1.165, 1.54) is 6.42 Å². The number of benzene rings is 1. The second-order valence-electron chi connectivity index (χ2n) is 7.40. The average molecular weight is 569 g/mol. The summed E-state index contributed by atoms with van der Waals surface area (Å²) in [4.78, 5) is 4.20. The Morgan fingerprint density at radius 3 is 2.45 bits per heavy atom. The van der Waals surface area contributed by atoms with Crippen LogP contribution in [0.5, 0.6) is 11.5 Å². The summed E-state index contributed by atoms with van der Waals surface area (Å²) >= 11 is 0. The highest BCUT2D eigenvalue weighted by Crippen LogP contribution is 2.30. The Bertz CT molecular complexity index is 801.